The average Bonchev–Trinajstić information content (AvgIpc) is 2.46. The third-order valence-electron chi connectivity index (χ3n) is 4.55. The number of carbonyl (C=O) groups excluding carboxylic acids is 2. The van der Waals surface area contributed by atoms with Crippen LogP contribution in [0.4, 0.5) is 5.69 Å². The molecule has 1 saturated carbocycles. The van der Waals surface area contributed by atoms with Gasteiger partial charge in [0.1, 0.15) is 0 Å². The van der Waals surface area contributed by atoms with E-state index in [2.05, 4.69) is 16.7 Å². The van der Waals surface area contributed by atoms with Crippen LogP contribution in [0.15, 0.2) is 18.2 Å². The molecule has 2 N–H and O–H groups in total. The fourth-order valence-corrected chi connectivity index (χ4v) is 3.60. The molecule has 1 aliphatic rings. The van der Waals surface area contributed by atoms with E-state index in [4.69, 9.17) is 0 Å². The molecule has 1 aromatic rings. The molecule has 2 amide bonds. The van der Waals surface area contributed by atoms with Gasteiger partial charge in [-0.15, -0.1) is 0 Å². The molecular weight excluding hydrogens is 288 g/mol. The molecule has 2 atom stereocenters. The Labute approximate surface area is 139 Å². The number of amides is 2. The standard InChI is InChI=1S/C19H28N2O2/c1-4-20-19(23)17-8-6-5-7-15(17)12-18(22)21-16-10-13(2)9-14(3)11-16/h9-11,15,17H,4-8,12H2,1-3H3,(H,20,23)(H,21,22). The lowest BCUT2D eigenvalue weighted by molar-refractivity contribution is -0.128. The monoisotopic (exact) mass is 316 g/mol. The number of hydrogen-bond acceptors (Lipinski definition) is 2. The zero-order chi connectivity index (χ0) is 16.8. The topological polar surface area (TPSA) is 58.2 Å². The number of nitrogens with one attached hydrogen (secondary N) is 2. The Hall–Kier alpha value is -1.84. The van der Waals surface area contributed by atoms with Crippen molar-refractivity contribution in [3.8, 4) is 0 Å². The lowest BCUT2D eigenvalue weighted by atomic mass is 9.77. The van der Waals surface area contributed by atoms with Gasteiger partial charge >= 0.3 is 0 Å². The first-order valence-corrected chi connectivity index (χ1v) is 8.65. The molecule has 126 valence electrons. The van der Waals surface area contributed by atoms with E-state index in [1.165, 1.54) is 0 Å². The summed E-state index contributed by atoms with van der Waals surface area (Å²) in [5.74, 6) is 0.252. The highest BCUT2D eigenvalue weighted by molar-refractivity contribution is 5.91. The number of carbonyl (C=O) groups is 2. The van der Waals surface area contributed by atoms with Crippen molar-refractivity contribution < 1.29 is 9.59 Å². The summed E-state index contributed by atoms with van der Waals surface area (Å²) in [5.41, 5.74) is 3.12. The van der Waals surface area contributed by atoms with Gasteiger partial charge in [-0.2, -0.15) is 0 Å². The minimum atomic E-state index is -0.0197. The first kappa shape index (κ1) is 17.5. The maximum absolute atomic E-state index is 12.4. The summed E-state index contributed by atoms with van der Waals surface area (Å²) in [6, 6.07) is 6.04. The maximum Gasteiger partial charge on any atom is 0.224 e. The van der Waals surface area contributed by atoms with Crippen LogP contribution in [0.1, 0.15) is 50.2 Å². The first-order valence-electron chi connectivity index (χ1n) is 8.65. The van der Waals surface area contributed by atoms with E-state index in [-0.39, 0.29) is 23.7 Å². The van der Waals surface area contributed by atoms with Crippen LogP contribution < -0.4 is 10.6 Å². The molecular formula is C19H28N2O2. The van der Waals surface area contributed by atoms with E-state index in [9.17, 15) is 9.59 Å². The summed E-state index contributed by atoms with van der Waals surface area (Å²) in [5, 5.41) is 5.90. The van der Waals surface area contributed by atoms with Gasteiger partial charge in [-0.05, 0) is 62.8 Å². The smallest absolute Gasteiger partial charge is 0.224 e. The van der Waals surface area contributed by atoms with Crippen molar-refractivity contribution in [2.45, 2.75) is 52.9 Å². The number of aryl methyl sites for hydroxylation is 2. The molecule has 1 aliphatic carbocycles. The summed E-state index contributed by atoms with van der Waals surface area (Å²) in [6.07, 6.45) is 4.47. The predicted octanol–water partition coefficient (Wildman–Crippen LogP) is 3.57. The van der Waals surface area contributed by atoms with Crippen LogP contribution in [-0.2, 0) is 9.59 Å². The van der Waals surface area contributed by atoms with Crippen LogP contribution in [0.5, 0.6) is 0 Å². The van der Waals surface area contributed by atoms with Crippen LogP contribution in [0, 0.1) is 25.7 Å². The van der Waals surface area contributed by atoms with E-state index in [1.807, 2.05) is 32.9 Å². The van der Waals surface area contributed by atoms with Crippen molar-refractivity contribution in [2.24, 2.45) is 11.8 Å². The van der Waals surface area contributed by atoms with E-state index in [0.29, 0.717) is 13.0 Å². The third kappa shape index (κ3) is 5.08. The highest BCUT2D eigenvalue weighted by atomic mass is 16.2. The van der Waals surface area contributed by atoms with Gasteiger partial charge in [-0.3, -0.25) is 9.59 Å². The zero-order valence-electron chi connectivity index (χ0n) is 14.4. The Morgan fingerprint density at radius 3 is 2.39 bits per heavy atom. The van der Waals surface area contributed by atoms with Crippen molar-refractivity contribution in [3.63, 3.8) is 0 Å². The van der Waals surface area contributed by atoms with Gasteiger partial charge in [0.2, 0.25) is 11.8 Å². The van der Waals surface area contributed by atoms with E-state index in [0.717, 1.165) is 42.5 Å². The normalized spacial score (nSPS) is 20.8. The van der Waals surface area contributed by atoms with Crippen LogP contribution in [0.25, 0.3) is 0 Å². The number of hydrogen-bond donors (Lipinski definition) is 2. The fourth-order valence-electron chi connectivity index (χ4n) is 3.60. The molecule has 4 heteroatoms. The Morgan fingerprint density at radius 2 is 1.74 bits per heavy atom. The molecule has 2 rings (SSSR count). The molecule has 4 nitrogen and oxygen atoms in total. The Kier molecular flexibility index (Phi) is 6.20. The zero-order valence-corrected chi connectivity index (χ0v) is 14.4. The van der Waals surface area contributed by atoms with E-state index >= 15 is 0 Å². The SMILES string of the molecule is CCNC(=O)C1CCCCC1CC(=O)Nc1cc(C)cc(C)c1. The molecule has 1 aromatic carbocycles. The summed E-state index contributed by atoms with van der Waals surface area (Å²) in [6.45, 7) is 6.63. The molecule has 0 saturated heterocycles. The van der Waals surface area contributed by atoms with Gasteiger partial charge < -0.3 is 10.6 Å². The molecule has 0 heterocycles. The van der Waals surface area contributed by atoms with Gasteiger partial charge in [-0.25, -0.2) is 0 Å². The van der Waals surface area contributed by atoms with Crippen molar-refractivity contribution in [2.75, 3.05) is 11.9 Å². The number of benzene rings is 1. The third-order valence-corrected chi connectivity index (χ3v) is 4.55. The second kappa shape index (κ2) is 8.14. The van der Waals surface area contributed by atoms with Crippen LogP contribution in [0.2, 0.25) is 0 Å². The Balaban J connectivity index is 1.98. The molecule has 0 bridgehead atoms. The Bertz CT molecular complexity index is 548. The summed E-state index contributed by atoms with van der Waals surface area (Å²) in [7, 11) is 0. The Morgan fingerprint density at radius 1 is 1.09 bits per heavy atom. The lowest BCUT2D eigenvalue weighted by Crippen LogP contribution is -2.38. The minimum Gasteiger partial charge on any atom is -0.356 e. The van der Waals surface area contributed by atoms with Crippen molar-refractivity contribution in [1.82, 2.24) is 5.32 Å². The molecule has 23 heavy (non-hydrogen) atoms. The summed E-state index contributed by atoms with van der Waals surface area (Å²) < 4.78 is 0. The summed E-state index contributed by atoms with van der Waals surface area (Å²) >= 11 is 0. The second-order valence-corrected chi connectivity index (χ2v) is 6.67. The summed E-state index contributed by atoms with van der Waals surface area (Å²) in [4.78, 5) is 24.6. The fraction of sp³-hybridized carbons (Fsp3) is 0.579. The number of anilines is 1. The molecule has 0 spiro atoms. The quantitative estimate of drug-likeness (QED) is 0.872. The molecule has 0 radical (unpaired) electrons. The number of rotatable bonds is 5. The van der Waals surface area contributed by atoms with Crippen LogP contribution in [0.3, 0.4) is 0 Å². The highest BCUT2D eigenvalue weighted by Crippen LogP contribution is 2.33. The van der Waals surface area contributed by atoms with Crippen LogP contribution >= 0.6 is 0 Å². The maximum atomic E-state index is 12.4. The lowest BCUT2D eigenvalue weighted by Gasteiger charge is -2.30. The van der Waals surface area contributed by atoms with Gasteiger partial charge in [0.05, 0.1) is 0 Å². The van der Waals surface area contributed by atoms with Gasteiger partial charge in [-0.1, -0.05) is 18.9 Å². The minimum absolute atomic E-state index is 0.0104. The van der Waals surface area contributed by atoms with Crippen molar-refractivity contribution in [1.29, 1.82) is 0 Å². The van der Waals surface area contributed by atoms with E-state index < -0.39 is 0 Å². The van der Waals surface area contributed by atoms with Crippen molar-refractivity contribution in [3.05, 3.63) is 29.3 Å². The van der Waals surface area contributed by atoms with E-state index in [1.54, 1.807) is 0 Å². The molecule has 1 fully saturated rings. The molecule has 0 aliphatic heterocycles. The second-order valence-electron chi connectivity index (χ2n) is 6.67. The molecule has 2 unspecified atom stereocenters. The van der Waals surface area contributed by atoms with Gasteiger partial charge in [0.15, 0.2) is 0 Å². The highest BCUT2D eigenvalue weighted by Gasteiger charge is 2.31. The predicted molar refractivity (Wildman–Crippen MR) is 93.3 cm³/mol. The largest absolute Gasteiger partial charge is 0.356 e. The first-order chi connectivity index (χ1) is 11.0. The average molecular weight is 316 g/mol. The van der Waals surface area contributed by atoms with Gasteiger partial charge in [0.25, 0.3) is 0 Å². The van der Waals surface area contributed by atoms with Gasteiger partial charge in [0, 0.05) is 24.6 Å². The van der Waals surface area contributed by atoms with Crippen LogP contribution in [-0.4, -0.2) is 18.4 Å². The molecule has 0 aromatic heterocycles. The van der Waals surface area contributed by atoms with Crippen molar-refractivity contribution >= 4 is 17.5 Å².